The Bertz CT molecular complexity index is 229. The van der Waals surface area contributed by atoms with Crippen LogP contribution < -0.4 is 5.32 Å². The Morgan fingerprint density at radius 3 is 2.20 bits per heavy atom. The van der Waals surface area contributed by atoms with Gasteiger partial charge in [0.05, 0.1) is 0 Å². The molecule has 2 nitrogen and oxygen atoms in total. The van der Waals surface area contributed by atoms with Crippen LogP contribution in [0.4, 0.5) is 0 Å². The first kappa shape index (κ1) is 16.4. The van der Waals surface area contributed by atoms with E-state index in [2.05, 4.69) is 11.9 Å². The van der Waals surface area contributed by atoms with E-state index >= 15 is 0 Å². The molecule has 0 aromatic rings. The molecule has 1 rings (SSSR count). The molecule has 1 heterocycles. The number of amides is 1. The van der Waals surface area contributed by atoms with Gasteiger partial charge in [0.2, 0.25) is 5.91 Å². The summed E-state index contributed by atoms with van der Waals surface area (Å²) in [4.78, 5) is 11.1. The molecule has 1 unspecified atom stereocenters. The van der Waals surface area contributed by atoms with Crippen LogP contribution in [0.3, 0.4) is 0 Å². The fraction of sp³-hybridized carbons (Fsp3) is 0.615. The van der Waals surface area contributed by atoms with E-state index in [0.717, 1.165) is 17.7 Å². The van der Waals surface area contributed by atoms with Crippen molar-refractivity contribution in [3.8, 4) is 0 Å². The molecule has 1 fully saturated rings. The van der Waals surface area contributed by atoms with Crippen LogP contribution >= 0.6 is 0 Å². The molecule has 1 amide bonds. The van der Waals surface area contributed by atoms with Gasteiger partial charge >= 0.3 is 0 Å². The van der Waals surface area contributed by atoms with E-state index < -0.39 is 0 Å². The highest BCUT2D eigenvalue weighted by Crippen LogP contribution is 2.21. The summed E-state index contributed by atoms with van der Waals surface area (Å²) < 4.78 is 0. The smallest absolute Gasteiger partial charge is 0.227 e. The molecule has 0 spiro atoms. The molecule has 15 heavy (non-hydrogen) atoms. The predicted molar refractivity (Wildman–Crippen MR) is 67.5 cm³/mol. The number of carbonyl (C=O) groups excluding carboxylic acids is 1. The second-order valence-electron chi connectivity index (χ2n) is 2.90. The Kier molecular flexibility index (Phi) is 10.4. The summed E-state index contributed by atoms with van der Waals surface area (Å²) in [6, 6.07) is 0. The molecule has 2 heteroatoms. The first-order chi connectivity index (χ1) is 7.15. The van der Waals surface area contributed by atoms with Gasteiger partial charge in [0, 0.05) is 11.6 Å². The number of hydrogen-bond donors (Lipinski definition) is 1. The van der Waals surface area contributed by atoms with Gasteiger partial charge in [-0.2, -0.15) is 0 Å². The number of hydrogen-bond acceptors (Lipinski definition) is 1. The van der Waals surface area contributed by atoms with Gasteiger partial charge in [0.1, 0.15) is 0 Å². The van der Waals surface area contributed by atoms with Crippen molar-refractivity contribution >= 4 is 5.91 Å². The Morgan fingerprint density at radius 1 is 1.33 bits per heavy atom. The zero-order chi connectivity index (χ0) is 12.4. The highest BCUT2D eigenvalue weighted by molar-refractivity contribution is 5.83. The molecular formula is C13H25NO. The fourth-order valence-electron chi connectivity index (χ4n) is 1.19. The van der Waals surface area contributed by atoms with Crippen molar-refractivity contribution in [2.24, 2.45) is 5.92 Å². The lowest BCUT2D eigenvalue weighted by Crippen LogP contribution is -2.34. The Morgan fingerprint density at radius 2 is 1.80 bits per heavy atom. The van der Waals surface area contributed by atoms with E-state index in [4.69, 9.17) is 0 Å². The number of allylic oxidation sites excluding steroid dienone is 2. The molecule has 1 N–H and O–H groups in total. The zero-order valence-corrected chi connectivity index (χ0v) is 11.0. The van der Waals surface area contributed by atoms with E-state index in [1.54, 1.807) is 0 Å². The van der Waals surface area contributed by atoms with Crippen molar-refractivity contribution in [1.29, 1.82) is 0 Å². The van der Waals surface area contributed by atoms with Crippen LogP contribution in [0.25, 0.3) is 0 Å². The van der Waals surface area contributed by atoms with Crippen molar-refractivity contribution in [2.75, 3.05) is 0 Å². The molecule has 1 atom stereocenters. The first-order valence-corrected chi connectivity index (χ1v) is 5.80. The van der Waals surface area contributed by atoms with Gasteiger partial charge in [-0.3, -0.25) is 4.79 Å². The molecule has 0 radical (unpaired) electrons. The summed E-state index contributed by atoms with van der Waals surface area (Å²) in [5.74, 6) is 0.178. The first-order valence-electron chi connectivity index (χ1n) is 5.80. The summed E-state index contributed by atoms with van der Waals surface area (Å²) in [7, 11) is 0. The minimum absolute atomic E-state index is 0.0752. The van der Waals surface area contributed by atoms with Gasteiger partial charge in [0.25, 0.3) is 0 Å². The Hall–Kier alpha value is -1.05. The van der Waals surface area contributed by atoms with Crippen LogP contribution in [0, 0.1) is 5.92 Å². The fourth-order valence-corrected chi connectivity index (χ4v) is 1.19. The lowest BCUT2D eigenvalue weighted by molar-refractivity contribution is -0.124. The largest absolute Gasteiger partial charge is 0.326 e. The van der Waals surface area contributed by atoms with Crippen LogP contribution in [0.5, 0.6) is 0 Å². The number of piperidine rings is 1. The maximum Gasteiger partial charge on any atom is 0.227 e. The van der Waals surface area contributed by atoms with Crippen molar-refractivity contribution in [3.63, 3.8) is 0 Å². The van der Waals surface area contributed by atoms with Gasteiger partial charge in [-0.25, -0.2) is 0 Å². The molecular weight excluding hydrogens is 186 g/mol. The van der Waals surface area contributed by atoms with E-state index in [9.17, 15) is 4.79 Å². The normalized spacial score (nSPS) is 22.0. The zero-order valence-electron chi connectivity index (χ0n) is 11.0. The molecule has 1 aliphatic heterocycles. The molecule has 0 saturated carbocycles. The molecule has 0 bridgehead atoms. The lowest BCUT2D eigenvalue weighted by atomic mass is 9.95. The number of carbonyl (C=O) groups is 1. The minimum Gasteiger partial charge on any atom is -0.326 e. The van der Waals surface area contributed by atoms with Crippen LogP contribution in [0.2, 0.25) is 0 Å². The maximum atomic E-state index is 11.1. The van der Waals surface area contributed by atoms with E-state index in [0.29, 0.717) is 0 Å². The van der Waals surface area contributed by atoms with Gasteiger partial charge in [-0.15, -0.1) is 0 Å². The van der Waals surface area contributed by atoms with Crippen molar-refractivity contribution in [3.05, 3.63) is 23.9 Å². The standard InChI is InChI=1S/C9H13NO.2C2H6/c1-4-8-6(2)5-7(3)9(11)10-8;2*1-2/h4,7H,2,5H2,1,3H3,(H,10,11);2*1-2H3/b8-4+;;. The van der Waals surface area contributed by atoms with Crippen LogP contribution in [-0.2, 0) is 4.79 Å². The highest BCUT2D eigenvalue weighted by atomic mass is 16.1. The summed E-state index contributed by atoms with van der Waals surface area (Å²) in [5, 5.41) is 2.79. The van der Waals surface area contributed by atoms with E-state index in [1.807, 2.05) is 47.6 Å². The van der Waals surface area contributed by atoms with Crippen LogP contribution in [-0.4, -0.2) is 5.91 Å². The molecule has 0 aromatic carbocycles. The molecule has 0 aromatic heterocycles. The van der Waals surface area contributed by atoms with E-state index in [1.165, 1.54) is 0 Å². The summed E-state index contributed by atoms with van der Waals surface area (Å²) in [5.41, 5.74) is 1.91. The van der Waals surface area contributed by atoms with Gasteiger partial charge < -0.3 is 5.32 Å². The number of rotatable bonds is 0. The summed E-state index contributed by atoms with van der Waals surface area (Å²) in [6.07, 6.45) is 2.66. The summed E-state index contributed by atoms with van der Waals surface area (Å²) in [6.45, 7) is 15.7. The SMILES string of the molecule is C=C1CC(C)C(=O)N/C1=C/C.CC.CC. The molecule has 0 aliphatic carbocycles. The maximum absolute atomic E-state index is 11.1. The van der Waals surface area contributed by atoms with Gasteiger partial charge in [-0.1, -0.05) is 47.3 Å². The summed E-state index contributed by atoms with van der Waals surface area (Å²) >= 11 is 0. The average Bonchev–Trinajstić information content (AvgIpc) is 2.29. The minimum atomic E-state index is 0.0752. The lowest BCUT2D eigenvalue weighted by Gasteiger charge is -2.22. The second kappa shape index (κ2) is 9.50. The Balaban J connectivity index is 0. The third-order valence-corrected chi connectivity index (χ3v) is 1.93. The average molecular weight is 211 g/mol. The quantitative estimate of drug-likeness (QED) is 0.651. The van der Waals surface area contributed by atoms with Crippen LogP contribution in [0.15, 0.2) is 23.9 Å². The third-order valence-electron chi connectivity index (χ3n) is 1.93. The Labute approximate surface area is 94.5 Å². The topological polar surface area (TPSA) is 29.1 Å². The monoisotopic (exact) mass is 211 g/mol. The van der Waals surface area contributed by atoms with Crippen molar-refractivity contribution in [1.82, 2.24) is 5.32 Å². The molecule has 1 aliphatic rings. The van der Waals surface area contributed by atoms with Crippen molar-refractivity contribution < 1.29 is 4.79 Å². The predicted octanol–water partition coefficient (Wildman–Crippen LogP) is 3.65. The number of nitrogens with one attached hydrogen (secondary N) is 1. The van der Waals surface area contributed by atoms with Crippen LogP contribution in [0.1, 0.15) is 48.0 Å². The van der Waals surface area contributed by atoms with E-state index in [-0.39, 0.29) is 11.8 Å². The molecule has 1 saturated heterocycles. The third kappa shape index (κ3) is 5.40. The molecule has 88 valence electrons. The highest BCUT2D eigenvalue weighted by Gasteiger charge is 2.22. The van der Waals surface area contributed by atoms with Crippen molar-refractivity contribution in [2.45, 2.75) is 48.0 Å². The van der Waals surface area contributed by atoms with Gasteiger partial charge in [0.15, 0.2) is 0 Å². The van der Waals surface area contributed by atoms with Gasteiger partial charge in [-0.05, 0) is 18.9 Å². The second-order valence-corrected chi connectivity index (χ2v) is 2.90.